The number of rotatable bonds is 6. The van der Waals surface area contributed by atoms with E-state index in [2.05, 4.69) is 6.07 Å². The van der Waals surface area contributed by atoms with Gasteiger partial charge in [-0.2, -0.15) is 5.26 Å². The van der Waals surface area contributed by atoms with Gasteiger partial charge in [-0.05, 0) is 38.6 Å². The summed E-state index contributed by atoms with van der Waals surface area (Å²) in [6.07, 6.45) is 3.88. The Hall–Kier alpha value is -1.08. The Morgan fingerprint density at radius 1 is 1.59 bits per heavy atom. The molecule has 1 atom stereocenters. The average molecular weight is 237 g/mol. The van der Waals surface area contributed by atoms with E-state index in [-0.39, 0.29) is 17.2 Å². The van der Waals surface area contributed by atoms with Crippen molar-refractivity contribution >= 4 is 5.91 Å². The van der Waals surface area contributed by atoms with Crippen molar-refractivity contribution in [3.05, 3.63) is 0 Å². The summed E-state index contributed by atoms with van der Waals surface area (Å²) in [7, 11) is 0. The lowest BCUT2D eigenvalue weighted by molar-refractivity contribution is -0.135. The highest BCUT2D eigenvalue weighted by molar-refractivity contribution is 5.77. The van der Waals surface area contributed by atoms with Gasteiger partial charge < -0.3 is 10.6 Å². The molecule has 0 aromatic carbocycles. The Morgan fingerprint density at radius 3 is 2.59 bits per heavy atom. The molecule has 0 spiro atoms. The van der Waals surface area contributed by atoms with Crippen molar-refractivity contribution in [3.8, 4) is 6.07 Å². The molecule has 0 radical (unpaired) electrons. The number of amides is 1. The number of hydrogen-bond donors (Lipinski definition) is 1. The van der Waals surface area contributed by atoms with E-state index in [9.17, 15) is 4.79 Å². The van der Waals surface area contributed by atoms with E-state index in [1.165, 1.54) is 6.42 Å². The zero-order valence-corrected chi connectivity index (χ0v) is 10.9. The fraction of sp³-hybridized carbons (Fsp3) is 0.846. The first-order valence-electron chi connectivity index (χ1n) is 6.44. The topological polar surface area (TPSA) is 70.1 Å². The first-order chi connectivity index (χ1) is 8.06. The quantitative estimate of drug-likeness (QED) is 0.761. The summed E-state index contributed by atoms with van der Waals surface area (Å²) in [6, 6.07) is 2.17. The third-order valence-electron chi connectivity index (χ3n) is 3.82. The van der Waals surface area contributed by atoms with Gasteiger partial charge in [-0.15, -0.1) is 0 Å². The number of hydrogen-bond acceptors (Lipinski definition) is 3. The standard InChI is InChI=1S/C13H23N3O/c1-3-16(9-11(2)8-14)12(17)7-13(10-15)5-4-6-13/h11H,3-7,9-10,15H2,1-2H3. The normalized spacial score (nSPS) is 18.9. The zero-order valence-electron chi connectivity index (χ0n) is 10.9. The molecule has 0 bridgehead atoms. The molecule has 1 unspecified atom stereocenters. The fourth-order valence-corrected chi connectivity index (χ4v) is 2.34. The largest absolute Gasteiger partial charge is 0.342 e. The van der Waals surface area contributed by atoms with Gasteiger partial charge in [0.1, 0.15) is 0 Å². The van der Waals surface area contributed by atoms with E-state index in [4.69, 9.17) is 11.0 Å². The summed E-state index contributed by atoms with van der Waals surface area (Å²) in [4.78, 5) is 13.9. The molecule has 0 aliphatic heterocycles. The summed E-state index contributed by atoms with van der Waals surface area (Å²) < 4.78 is 0. The molecule has 0 aromatic rings. The van der Waals surface area contributed by atoms with Crippen molar-refractivity contribution in [2.45, 2.75) is 39.5 Å². The molecular weight excluding hydrogens is 214 g/mol. The molecule has 1 aliphatic rings. The van der Waals surface area contributed by atoms with Crippen LogP contribution in [0.2, 0.25) is 0 Å². The van der Waals surface area contributed by atoms with E-state index in [0.29, 0.717) is 26.1 Å². The molecule has 1 rings (SSSR count). The molecule has 1 aliphatic carbocycles. The molecule has 0 saturated heterocycles. The van der Waals surface area contributed by atoms with Crippen molar-refractivity contribution in [3.63, 3.8) is 0 Å². The summed E-state index contributed by atoms with van der Waals surface area (Å²) in [5.41, 5.74) is 5.82. The van der Waals surface area contributed by atoms with Gasteiger partial charge in [0.2, 0.25) is 5.91 Å². The predicted molar refractivity (Wildman–Crippen MR) is 67.0 cm³/mol. The molecule has 0 aromatic heterocycles. The van der Waals surface area contributed by atoms with Gasteiger partial charge in [0, 0.05) is 19.5 Å². The Kier molecular flexibility index (Phi) is 4.95. The third kappa shape index (κ3) is 3.44. The van der Waals surface area contributed by atoms with Crippen LogP contribution in [0, 0.1) is 22.7 Å². The van der Waals surface area contributed by atoms with Crippen LogP contribution in [0.3, 0.4) is 0 Å². The lowest BCUT2D eigenvalue weighted by Gasteiger charge is -2.41. The second-order valence-corrected chi connectivity index (χ2v) is 5.20. The minimum Gasteiger partial charge on any atom is -0.342 e. The molecule has 4 heteroatoms. The van der Waals surface area contributed by atoms with Crippen LogP contribution in [0.1, 0.15) is 39.5 Å². The molecular formula is C13H23N3O. The summed E-state index contributed by atoms with van der Waals surface area (Å²) in [5, 5.41) is 8.79. The maximum Gasteiger partial charge on any atom is 0.223 e. The lowest BCUT2D eigenvalue weighted by Crippen LogP contribution is -2.44. The molecule has 17 heavy (non-hydrogen) atoms. The molecule has 1 fully saturated rings. The second-order valence-electron chi connectivity index (χ2n) is 5.20. The summed E-state index contributed by atoms with van der Waals surface area (Å²) >= 11 is 0. The van der Waals surface area contributed by atoms with E-state index in [0.717, 1.165) is 12.8 Å². The Morgan fingerprint density at radius 2 is 2.24 bits per heavy atom. The third-order valence-corrected chi connectivity index (χ3v) is 3.82. The van der Waals surface area contributed by atoms with Gasteiger partial charge in [-0.1, -0.05) is 6.42 Å². The van der Waals surface area contributed by atoms with Gasteiger partial charge in [0.05, 0.1) is 12.0 Å². The van der Waals surface area contributed by atoms with Crippen molar-refractivity contribution in [1.82, 2.24) is 4.90 Å². The Bertz CT molecular complexity index is 299. The lowest BCUT2D eigenvalue weighted by atomic mass is 9.66. The van der Waals surface area contributed by atoms with Crippen LogP contribution in [0.5, 0.6) is 0 Å². The predicted octanol–water partition coefficient (Wildman–Crippen LogP) is 1.51. The van der Waals surface area contributed by atoms with Crippen LogP contribution in [-0.2, 0) is 4.79 Å². The van der Waals surface area contributed by atoms with Crippen LogP contribution in [-0.4, -0.2) is 30.4 Å². The smallest absolute Gasteiger partial charge is 0.223 e. The summed E-state index contributed by atoms with van der Waals surface area (Å²) in [5.74, 6) is 0.0499. The van der Waals surface area contributed by atoms with Gasteiger partial charge in [-0.3, -0.25) is 4.79 Å². The van der Waals surface area contributed by atoms with Gasteiger partial charge in [-0.25, -0.2) is 0 Å². The molecule has 96 valence electrons. The minimum absolute atomic E-state index is 0.0559. The molecule has 1 amide bonds. The van der Waals surface area contributed by atoms with Crippen molar-refractivity contribution in [2.24, 2.45) is 17.1 Å². The maximum absolute atomic E-state index is 12.2. The van der Waals surface area contributed by atoms with Crippen molar-refractivity contribution in [2.75, 3.05) is 19.6 Å². The van der Waals surface area contributed by atoms with Gasteiger partial charge in [0.25, 0.3) is 0 Å². The number of carbonyl (C=O) groups is 1. The van der Waals surface area contributed by atoms with Crippen LogP contribution in [0.25, 0.3) is 0 Å². The van der Waals surface area contributed by atoms with Gasteiger partial charge in [0.15, 0.2) is 0 Å². The first kappa shape index (κ1) is 14.0. The summed E-state index contributed by atoms with van der Waals surface area (Å²) in [6.45, 7) is 5.61. The highest BCUT2D eigenvalue weighted by atomic mass is 16.2. The molecule has 4 nitrogen and oxygen atoms in total. The maximum atomic E-state index is 12.2. The average Bonchev–Trinajstić information content (AvgIpc) is 2.29. The SMILES string of the molecule is CCN(CC(C)C#N)C(=O)CC1(CN)CCC1. The zero-order chi connectivity index (χ0) is 12.9. The van der Waals surface area contributed by atoms with Crippen molar-refractivity contribution in [1.29, 1.82) is 5.26 Å². The van der Waals surface area contributed by atoms with E-state index < -0.39 is 0 Å². The van der Waals surface area contributed by atoms with E-state index in [1.54, 1.807) is 4.90 Å². The van der Waals surface area contributed by atoms with Crippen LogP contribution < -0.4 is 5.73 Å². The second kappa shape index (κ2) is 6.02. The number of carbonyl (C=O) groups excluding carboxylic acids is 1. The first-order valence-corrected chi connectivity index (χ1v) is 6.44. The number of nitrogens with zero attached hydrogens (tertiary/aromatic N) is 2. The number of nitriles is 1. The Labute approximate surface area is 104 Å². The van der Waals surface area contributed by atoms with Gasteiger partial charge >= 0.3 is 0 Å². The molecule has 1 saturated carbocycles. The molecule has 2 N–H and O–H groups in total. The number of nitrogens with two attached hydrogens (primary N) is 1. The Balaban J connectivity index is 2.52. The van der Waals surface area contributed by atoms with Crippen LogP contribution in [0.4, 0.5) is 0 Å². The van der Waals surface area contributed by atoms with Crippen LogP contribution in [0.15, 0.2) is 0 Å². The fourth-order valence-electron chi connectivity index (χ4n) is 2.34. The molecule has 0 heterocycles. The highest BCUT2D eigenvalue weighted by Crippen LogP contribution is 2.43. The minimum atomic E-state index is -0.103. The van der Waals surface area contributed by atoms with E-state index in [1.807, 2.05) is 13.8 Å². The monoisotopic (exact) mass is 237 g/mol. The van der Waals surface area contributed by atoms with Crippen molar-refractivity contribution < 1.29 is 4.79 Å². The van der Waals surface area contributed by atoms with Crippen LogP contribution >= 0.6 is 0 Å². The highest BCUT2D eigenvalue weighted by Gasteiger charge is 2.38. The van der Waals surface area contributed by atoms with E-state index >= 15 is 0 Å².